The average molecular weight is 289 g/mol. The number of methoxy groups -OCH3 is 2. The summed E-state index contributed by atoms with van der Waals surface area (Å²) in [6.45, 7) is 4.02. The number of ether oxygens (including phenoxy) is 2. The van der Waals surface area contributed by atoms with Crippen LogP contribution < -0.4 is 9.47 Å². The lowest BCUT2D eigenvalue weighted by Crippen LogP contribution is -2.04. The van der Waals surface area contributed by atoms with E-state index in [1.807, 2.05) is 19.9 Å². The van der Waals surface area contributed by atoms with Gasteiger partial charge in [0.25, 0.3) is 0 Å². The number of aryl methyl sites for hydroxylation is 1. The Morgan fingerprint density at radius 1 is 1.31 bits per heavy atom. The van der Waals surface area contributed by atoms with Crippen molar-refractivity contribution >= 4 is 15.9 Å². The van der Waals surface area contributed by atoms with Crippen molar-refractivity contribution in [3.63, 3.8) is 0 Å². The van der Waals surface area contributed by atoms with Crippen molar-refractivity contribution < 1.29 is 14.6 Å². The highest BCUT2D eigenvalue weighted by Crippen LogP contribution is 2.42. The third-order valence-corrected chi connectivity index (χ3v) is 3.32. The molecule has 0 saturated carbocycles. The SMILES string of the molecule is COc1c(C)cc(C(C)CO)c(OC)c1Br. The Kier molecular flexibility index (Phi) is 4.62. The third kappa shape index (κ3) is 2.33. The van der Waals surface area contributed by atoms with E-state index < -0.39 is 0 Å². The van der Waals surface area contributed by atoms with Gasteiger partial charge in [-0.1, -0.05) is 6.92 Å². The Morgan fingerprint density at radius 2 is 1.88 bits per heavy atom. The average Bonchev–Trinajstić information content (AvgIpc) is 2.28. The molecule has 1 rings (SSSR count). The fourth-order valence-corrected chi connectivity index (χ4v) is 2.56. The normalized spacial score (nSPS) is 12.4. The minimum atomic E-state index is 0.0378. The molecule has 1 N–H and O–H groups in total. The molecule has 0 heterocycles. The zero-order chi connectivity index (χ0) is 12.3. The van der Waals surface area contributed by atoms with Gasteiger partial charge in [0.05, 0.1) is 14.2 Å². The lowest BCUT2D eigenvalue weighted by atomic mass is 9.98. The number of aliphatic hydroxyl groups excluding tert-OH is 1. The van der Waals surface area contributed by atoms with Crippen LogP contribution in [-0.4, -0.2) is 25.9 Å². The van der Waals surface area contributed by atoms with E-state index in [4.69, 9.17) is 9.47 Å². The Labute approximate surface area is 105 Å². The molecular formula is C12H17BrO3. The number of rotatable bonds is 4. The summed E-state index contributed by atoms with van der Waals surface area (Å²) in [5, 5.41) is 9.21. The maximum atomic E-state index is 9.21. The largest absolute Gasteiger partial charge is 0.495 e. The first-order valence-electron chi connectivity index (χ1n) is 5.08. The van der Waals surface area contributed by atoms with Gasteiger partial charge in [-0.2, -0.15) is 0 Å². The Morgan fingerprint density at radius 3 is 2.31 bits per heavy atom. The molecule has 0 radical (unpaired) electrons. The van der Waals surface area contributed by atoms with E-state index in [1.54, 1.807) is 14.2 Å². The van der Waals surface area contributed by atoms with Crippen LogP contribution in [0, 0.1) is 6.92 Å². The van der Waals surface area contributed by atoms with E-state index in [1.165, 1.54) is 0 Å². The van der Waals surface area contributed by atoms with Crippen LogP contribution in [0.5, 0.6) is 11.5 Å². The van der Waals surface area contributed by atoms with E-state index in [-0.39, 0.29) is 12.5 Å². The fraction of sp³-hybridized carbons (Fsp3) is 0.500. The van der Waals surface area contributed by atoms with Gasteiger partial charge >= 0.3 is 0 Å². The first-order chi connectivity index (χ1) is 7.56. The third-order valence-electron chi connectivity index (χ3n) is 2.60. The molecule has 0 spiro atoms. The highest BCUT2D eigenvalue weighted by Gasteiger charge is 2.19. The Hall–Kier alpha value is -0.740. The van der Waals surface area contributed by atoms with Gasteiger partial charge in [-0.05, 0) is 34.5 Å². The molecule has 1 unspecified atom stereocenters. The van der Waals surface area contributed by atoms with Gasteiger partial charge in [-0.15, -0.1) is 0 Å². The van der Waals surface area contributed by atoms with Crippen LogP contribution in [0.3, 0.4) is 0 Å². The van der Waals surface area contributed by atoms with Crippen molar-refractivity contribution in [1.29, 1.82) is 0 Å². The topological polar surface area (TPSA) is 38.7 Å². The van der Waals surface area contributed by atoms with E-state index in [2.05, 4.69) is 15.9 Å². The molecule has 0 fully saturated rings. The van der Waals surface area contributed by atoms with Crippen LogP contribution in [0.4, 0.5) is 0 Å². The molecule has 0 bridgehead atoms. The zero-order valence-corrected chi connectivity index (χ0v) is 11.6. The fourth-order valence-electron chi connectivity index (χ4n) is 1.69. The molecular weight excluding hydrogens is 272 g/mol. The molecule has 90 valence electrons. The molecule has 0 amide bonds. The van der Waals surface area contributed by atoms with E-state index in [9.17, 15) is 5.11 Å². The van der Waals surface area contributed by atoms with Crippen molar-refractivity contribution in [3.05, 3.63) is 21.7 Å². The summed E-state index contributed by atoms with van der Waals surface area (Å²) in [6.07, 6.45) is 0. The lowest BCUT2D eigenvalue weighted by Gasteiger charge is -2.18. The van der Waals surface area contributed by atoms with E-state index >= 15 is 0 Å². The first kappa shape index (κ1) is 13.3. The summed E-state index contributed by atoms with van der Waals surface area (Å²) < 4.78 is 11.5. The van der Waals surface area contributed by atoms with Crippen molar-refractivity contribution in [1.82, 2.24) is 0 Å². The van der Waals surface area contributed by atoms with Gasteiger partial charge in [0.15, 0.2) is 0 Å². The predicted molar refractivity (Wildman–Crippen MR) is 67.5 cm³/mol. The lowest BCUT2D eigenvalue weighted by molar-refractivity contribution is 0.269. The second-order valence-electron chi connectivity index (χ2n) is 3.75. The monoisotopic (exact) mass is 288 g/mol. The van der Waals surface area contributed by atoms with Crippen molar-refractivity contribution in [2.45, 2.75) is 19.8 Å². The molecule has 4 heteroatoms. The van der Waals surface area contributed by atoms with Crippen molar-refractivity contribution in [2.75, 3.05) is 20.8 Å². The van der Waals surface area contributed by atoms with Gasteiger partial charge in [0, 0.05) is 18.1 Å². The molecule has 1 aromatic carbocycles. The van der Waals surface area contributed by atoms with E-state index in [0.717, 1.165) is 27.1 Å². The quantitative estimate of drug-likeness (QED) is 0.926. The summed E-state index contributed by atoms with van der Waals surface area (Å²) in [7, 11) is 3.24. The van der Waals surface area contributed by atoms with Gasteiger partial charge < -0.3 is 14.6 Å². The highest BCUT2D eigenvalue weighted by atomic mass is 79.9. The standard InChI is InChI=1S/C12H17BrO3/c1-7-5-9(8(2)6-14)12(16-4)10(13)11(7)15-3/h5,8,14H,6H2,1-4H3. The molecule has 0 aliphatic carbocycles. The summed E-state index contributed by atoms with van der Waals surface area (Å²) in [5.74, 6) is 1.53. The summed E-state index contributed by atoms with van der Waals surface area (Å²) in [6, 6.07) is 1.99. The van der Waals surface area contributed by atoms with E-state index in [0.29, 0.717) is 0 Å². The van der Waals surface area contributed by atoms with Gasteiger partial charge in [-0.25, -0.2) is 0 Å². The Balaban J connectivity index is 3.40. The smallest absolute Gasteiger partial charge is 0.140 e. The molecule has 1 aromatic rings. The van der Waals surface area contributed by atoms with Crippen molar-refractivity contribution in [3.8, 4) is 11.5 Å². The molecule has 1 atom stereocenters. The first-order valence-corrected chi connectivity index (χ1v) is 5.87. The van der Waals surface area contributed by atoms with Crippen LogP contribution >= 0.6 is 15.9 Å². The maximum absolute atomic E-state index is 9.21. The second kappa shape index (κ2) is 5.55. The van der Waals surface area contributed by atoms with Crippen molar-refractivity contribution in [2.24, 2.45) is 0 Å². The second-order valence-corrected chi connectivity index (χ2v) is 4.54. The molecule has 0 saturated heterocycles. The number of aliphatic hydroxyl groups is 1. The number of benzene rings is 1. The zero-order valence-electron chi connectivity index (χ0n) is 10.0. The molecule has 0 aliphatic rings. The summed E-state index contributed by atoms with van der Waals surface area (Å²) in [4.78, 5) is 0. The van der Waals surface area contributed by atoms with Gasteiger partial charge in [-0.3, -0.25) is 0 Å². The number of hydrogen-bond donors (Lipinski definition) is 1. The summed E-state index contributed by atoms with van der Waals surface area (Å²) in [5.41, 5.74) is 2.00. The highest BCUT2D eigenvalue weighted by molar-refractivity contribution is 9.10. The van der Waals surface area contributed by atoms with Gasteiger partial charge in [0.1, 0.15) is 16.0 Å². The predicted octanol–water partition coefficient (Wildman–Crippen LogP) is 2.87. The molecule has 0 aliphatic heterocycles. The van der Waals surface area contributed by atoms with Gasteiger partial charge in [0.2, 0.25) is 0 Å². The minimum Gasteiger partial charge on any atom is -0.495 e. The molecule has 3 nitrogen and oxygen atoms in total. The number of hydrogen-bond acceptors (Lipinski definition) is 3. The summed E-state index contributed by atoms with van der Waals surface area (Å²) >= 11 is 3.47. The van der Waals surface area contributed by atoms with Crippen LogP contribution in [-0.2, 0) is 0 Å². The molecule has 0 aromatic heterocycles. The minimum absolute atomic E-state index is 0.0378. The van der Waals surface area contributed by atoms with Crippen LogP contribution in [0.25, 0.3) is 0 Å². The van der Waals surface area contributed by atoms with Crippen LogP contribution in [0.15, 0.2) is 10.5 Å². The maximum Gasteiger partial charge on any atom is 0.140 e. The number of halogens is 1. The Bertz CT molecular complexity index is 377. The van der Waals surface area contributed by atoms with Crippen LogP contribution in [0.2, 0.25) is 0 Å². The van der Waals surface area contributed by atoms with Crippen LogP contribution in [0.1, 0.15) is 24.0 Å². The molecule has 16 heavy (non-hydrogen) atoms.